The lowest BCUT2D eigenvalue weighted by Crippen LogP contribution is -2.20. The number of carbonyl (C=O) groups excluding carboxylic acids is 1. The van der Waals surface area contributed by atoms with Crippen LogP contribution in [-0.4, -0.2) is 17.5 Å². The molecule has 106 valence electrons. The summed E-state index contributed by atoms with van der Waals surface area (Å²) in [7, 11) is 0. The van der Waals surface area contributed by atoms with Gasteiger partial charge in [0.2, 0.25) is 0 Å². The second-order valence-corrected chi connectivity index (χ2v) is 4.72. The van der Waals surface area contributed by atoms with Crippen molar-refractivity contribution in [3.05, 3.63) is 53.6 Å². The number of rotatable bonds is 4. The van der Waals surface area contributed by atoms with E-state index in [0.29, 0.717) is 21.9 Å². The fourth-order valence-corrected chi connectivity index (χ4v) is 1.93. The van der Waals surface area contributed by atoms with Crippen LogP contribution in [0.5, 0.6) is 5.75 Å². The molecule has 0 fully saturated rings. The zero-order valence-electron chi connectivity index (χ0n) is 10.9. The molecule has 1 amide bonds. The van der Waals surface area contributed by atoms with E-state index in [1.807, 2.05) is 18.2 Å². The number of oxazole rings is 1. The van der Waals surface area contributed by atoms with E-state index in [0.717, 1.165) is 0 Å². The fraction of sp³-hybridized carbons (Fsp3) is 0.0667. The van der Waals surface area contributed by atoms with Gasteiger partial charge in [-0.25, -0.2) is 0 Å². The van der Waals surface area contributed by atoms with Crippen molar-refractivity contribution in [2.75, 3.05) is 11.9 Å². The highest BCUT2D eigenvalue weighted by Gasteiger charge is 2.10. The predicted molar refractivity (Wildman–Crippen MR) is 79.6 cm³/mol. The lowest BCUT2D eigenvalue weighted by Gasteiger charge is -2.04. The fourth-order valence-electron chi connectivity index (χ4n) is 1.77. The van der Waals surface area contributed by atoms with Crippen molar-refractivity contribution in [2.45, 2.75) is 0 Å². The first-order chi connectivity index (χ1) is 10.2. The quantitative estimate of drug-likeness (QED) is 0.801. The highest BCUT2D eigenvalue weighted by atomic mass is 35.5. The van der Waals surface area contributed by atoms with Crippen molar-refractivity contribution in [3.8, 4) is 5.75 Å². The maximum Gasteiger partial charge on any atom is 0.302 e. The maximum atomic E-state index is 11.8. The van der Waals surface area contributed by atoms with Gasteiger partial charge in [-0.2, -0.15) is 4.98 Å². The number of nitrogens with one attached hydrogen (secondary N) is 1. The average Bonchev–Trinajstić information content (AvgIpc) is 2.87. The van der Waals surface area contributed by atoms with Gasteiger partial charge in [-0.1, -0.05) is 29.8 Å². The summed E-state index contributed by atoms with van der Waals surface area (Å²) in [4.78, 5) is 15.9. The third kappa shape index (κ3) is 3.32. The van der Waals surface area contributed by atoms with Crippen LogP contribution in [0, 0.1) is 0 Å². The van der Waals surface area contributed by atoms with Gasteiger partial charge in [0.1, 0.15) is 11.3 Å². The molecule has 0 aliphatic carbocycles. The number of fused-ring (bicyclic) bond motifs is 1. The Balaban J connectivity index is 1.63. The molecule has 0 saturated heterocycles. The molecule has 0 bridgehead atoms. The summed E-state index contributed by atoms with van der Waals surface area (Å²) in [5.41, 5.74) is 1.14. The molecular formula is C15H11ClN2O3. The largest absolute Gasteiger partial charge is 0.484 e. The summed E-state index contributed by atoms with van der Waals surface area (Å²) in [6, 6.07) is 14.3. The number of hydrogen-bond acceptors (Lipinski definition) is 4. The Kier molecular flexibility index (Phi) is 3.75. The van der Waals surface area contributed by atoms with Gasteiger partial charge in [0, 0.05) is 11.1 Å². The number of anilines is 1. The standard InChI is InChI=1S/C15H11ClN2O3/c16-10-6-7-12-13(8-10)21-15(17-12)18-14(19)9-20-11-4-2-1-3-5-11/h1-8H,9H2,(H,17,18,19). The van der Waals surface area contributed by atoms with Gasteiger partial charge >= 0.3 is 6.01 Å². The molecule has 5 nitrogen and oxygen atoms in total. The third-order valence-electron chi connectivity index (χ3n) is 2.71. The molecule has 1 N–H and O–H groups in total. The van der Waals surface area contributed by atoms with E-state index in [-0.39, 0.29) is 18.5 Å². The number of aromatic nitrogens is 1. The summed E-state index contributed by atoms with van der Waals surface area (Å²) in [5, 5.41) is 3.08. The molecule has 1 heterocycles. The smallest absolute Gasteiger partial charge is 0.302 e. The van der Waals surface area contributed by atoms with Crippen molar-refractivity contribution >= 4 is 34.6 Å². The van der Waals surface area contributed by atoms with E-state index < -0.39 is 0 Å². The molecule has 21 heavy (non-hydrogen) atoms. The summed E-state index contributed by atoms with van der Waals surface area (Å²) < 4.78 is 10.7. The lowest BCUT2D eigenvalue weighted by molar-refractivity contribution is -0.118. The summed E-state index contributed by atoms with van der Waals surface area (Å²) in [6.45, 7) is -0.122. The molecule has 2 aromatic carbocycles. The number of amides is 1. The normalized spacial score (nSPS) is 10.5. The second kappa shape index (κ2) is 5.85. The molecule has 0 unspecified atom stereocenters. The monoisotopic (exact) mass is 302 g/mol. The van der Waals surface area contributed by atoms with Crippen molar-refractivity contribution < 1.29 is 13.9 Å². The molecule has 0 atom stereocenters. The number of nitrogens with zero attached hydrogens (tertiary/aromatic N) is 1. The van der Waals surface area contributed by atoms with Gasteiger partial charge in [0.15, 0.2) is 12.2 Å². The predicted octanol–water partition coefficient (Wildman–Crippen LogP) is 3.50. The van der Waals surface area contributed by atoms with Crippen LogP contribution in [-0.2, 0) is 4.79 Å². The topological polar surface area (TPSA) is 64.4 Å². The molecule has 3 rings (SSSR count). The van der Waals surface area contributed by atoms with E-state index in [1.54, 1.807) is 30.3 Å². The van der Waals surface area contributed by atoms with E-state index in [9.17, 15) is 4.79 Å². The molecule has 0 radical (unpaired) electrons. The van der Waals surface area contributed by atoms with Crippen LogP contribution in [0.15, 0.2) is 52.9 Å². The lowest BCUT2D eigenvalue weighted by atomic mass is 10.3. The molecule has 3 aromatic rings. The summed E-state index contributed by atoms with van der Waals surface area (Å²) in [6.07, 6.45) is 0. The molecule has 0 spiro atoms. The van der Waals surface area contributed by atoms with E-state index in [2.05, 4.69) is 10.3 Å². The molecule has 0 aliphatic rings. The van der Waals surface area contributed by atoms with E-state index in [1.165, 1.54) is 0 Å². The van der Waals surface area contributed by atoms with Crippen LogP contribution >= 0.6 is 11.6 Å². The zero-order chi connectivity index (χ0) is 14.7. The Morgan fingerprint density at radius 3 is 2.86 bits per heavy atom. The van der Waals surface area contributed by atoms with Gasteiger partial charge in [0.05, 0.1) is 0 Å². The molecule has 0 saturated carbocycles. The molecule has 0 aliphatic heterocycles. The summed E-state index contributed by atoms with van der Waals surface area (Å²) in [5.74, 6) is 0.272. The highest BCUT2D eigenvalue weighted by molar-refractivity contribution is 6.31. The number of carbonyl (C=O) groups is 1. The Bertz CT molecular complexity index is 771. The number of halogens is 1. The van der Waals surface area contributed by atoms with Crippen LogP contribution in [0.2, 0.25) is 5.02 Å². The molecular weight excluding hydrogens is 292 g/mol. The van der Waals surface area contributed by atoms with Crippen LogP contribution in [0.4, 0.5) is 6.01 Å². The van der Waals surface area contributed by atoms with Crippen molar-refractivity contribution in [3.63, 3.8) is 0 Å². The number of ether oxygens (including phenoxy) is 1. The van der Waals surface area contributed by atoms with Gasteiger partial charge in [0.25, 0.3) is 5.91 Å². The Morgan fingerprint density at radius 2 is 2.05 bits per heavy atom. The minimum absolute atomic E-state index is 0.119. The Hall–Kier alpha value is -2.53. The molecule has 1 aromatic heterocycles. The first kappa shape index (κ1) is 13.5. The first-order valence-electron chi connectivity index (χ1n) is 6.24. The van der Waals surface area contributed by atoms with E-state index in [4.69, 9.17) is 20.8 Å². The van der Waals surface area contributed by atoms with Crippen LogP contribution < -0.4 is 10.1 Å². The SMILES string of the molecule is O=C(COc1ccccc1)Nc1nc2ccc(Cl)cc2o1. The van der Waals surface area contributed by atoms with Crippen LogP contribution in [0.25, 0.3) is 11.1 Å². The molecule has 6 heteroatoms. The Labute approximate surface area is 125 Å². The average molecular weight is 303 g/mol. The minimum Gasteiger partial charge on any atom is -0.484 e. The van der Waals surface area contributed by atoms with Crippen molar-refractivity contribution in [1.29, 1.82) is 0 Å². The number of para-hydroxylation sites is 1. The summed E-state index contributed by atoms with van der Waals surface area (Å²) >= 11 is 5.86. The number of benzene rings is 2. The highest BCUT2D eigenvalue weighted by Crippen LogP contribution is 2.22. The van der Waals surface area contributed by atoms with Gasteiger partial charge in [-0.3, -0.25) is 10.1 Å². The van der Waals surface area contributed by atoms with Gasteiger partial charge < -0.3 is 9.15 Å². The zero-order valence-corrected chi connectivity index (χ0v) is 11.6. The van der Waals surface area contributed by atoms with E-state index >= 15 is 0 Å². The minimum atomic E-state index is -0.350. The Morgan fingerprint density at radius 1 is 1.24 bits per heavy atom. The maximum absolute atomic E-state index is 11.8. The first-order valence-corrected chi connectivity index (χ1v) is 6.62. The second-order valence-electron chi connectivity index (χ2n) is 4.28. The van der Waals surface area contributed by atoms with Gasteiger partial charge in [-0.15, -0.1) is 0 Å². The van der Waals surface area contributed by atoms with Crippen LogP contribution in [0.1, 0.15) is 0 Å². The van der Waals surface area contributed by atoms with Gasteiger partial charge in [-0.05, 0) is 24.3 Å². The number of hydrogen-bond donors (Lipinski definition) is 1. The van der Waals surface area contributed by atoms with Crippen molar-refractivity contribution in [1.82, 2.24) is 4.98 Å². The van der Waals surface area contributed by atoms with Crippen LogP contribution in [0.3, 0.4) is 0 Å². The third-order valence-corrected chi connectivity index (χ3v) is 2.95. The van der Waals surface area contributed by atoms with Crippen molar-refractivity contribution in [2.24, 2.45) is 0 Å².